The molecule has 0 aliphatic carbocycles. The lowest BCUT2D eigenvalue weighted by Crippen LogP contribution is -2.30. The Kier molecular flexibility index (Phi) is 8.09. The van der Waals surface area contributed by atoms with Crippen LogP contribution in [-0.4, -0.2) is 39.3 Å². The van der Waals surface area contributed by atoms with Crippen LogP contribution in [0.15, 0.2) is 30.3 Å². The third-order valence-electron chi connectivity index (χ3n) is 4.80. The summed E-state index contributed by atoms with van der Waals surface area (Å²) in [6.45, 7) is 5.59. The number of methoxy groups -OCH3 is 3. The fourth-order valence-electron chi connectivity index (χ4n) is 3.11. The third-order valence-corrected chi connectivity index (χ3v) is 4.80. The minimum Gasteiger partial charge on any atom is -0.493 e. The second-order valence-corrected chi connectivity index (χ2v) is 6.61. The first-order valence-corrected chi connectivity index (χ1v) is 9.82. The molecule has 0 spiro atoms. The van der Waals surface area contributed by atoms with Gasteiger partial charge in [0.1, 0.15) is 0 Å². The molecule has 0 aliphatic heterocycles. The molecule has 2 rings (SSSR count). The van der Waals surface area contributed by atoms with Crippen molar-refractivity contribution >= 4 is 17.6 Å². The van der Waals surface area contributed by atoms with Crippen LogP contribution in [0.25, 0.3) is 0 Å². The number of hydrogen-bond donors (Lipinski definition) is 1. The summed E-state index contributed by atoms with van der Waals surface area (Å²) < 4.78 is 21.2. The number of hydrogen-bond acceptors (Lipinski definition) is 6. The zero-order valence-electron chi connectivity index (χ0n) is 18.3. The summed E-state index contributed by atoms with van der Waals surface area (Å²) in [5.41, 5.74) is 3.03. The Morgan fingerprint density at radius 3 is 1.90 bits per heavy atom. The quantitative estimate of drug-likeness (QED) is 0.623. The highest BCUT2D eigenvalue weighted by Gasteiger charge is 2.23. The average Bonchev–Trinajstić information content (AvgIpc) is 2.77. The topological polar surface area (TPSA) is 83.1 Å². The van der Waals surface area contributed by atoms with Gasteiger partial charge in [-0.1, -0.05) is 32.0 Å². The normalized spacial score (nSPS) is 11.4. The summed E-state index contributed by atoms with van der Waals surface area (Å²) in [5, 5.41) is 2.92. The number of nitrogens with one attached hydrogen (secondary N) is 1. The number of rotatable bonds is 9. The standard InChI is InChI=1S/C23H29NO6/c1-7-15-10-9-11-16(8-2)20(15)24-22(25)14(3)30-23(26)17-12-18(27-4)21(29-6)19(13-17)28-5/h9-14H,7-8H2,1-6H3,(H,24,25)/t14-/m0/s1. The minimum atomic E-state index is -0.994. The van der Waals surface area contributed by atoms with Crippen molar-refractivity contribution < 1.29 is 28.5 Å². The van der Waals surface area contributed by atoms with Crippen molar-refractivity contribution in [1.82, 2.24) is 0 Å². The Hall–Kier alpha value is -3.22. The Bertz CT molecular complexity index is 861. The SMILES string of the molecule is CCc1cccc(CC)c1NC(=O)[C@H](C)OC(=O)c1cc(OC)c(OC)c(OC)c1. The van der Waals surface area contributed by atoms with Gasteiger partial charge in [-0.2, -0.15) is 0 Å². The molecule has 1 N–H and O–H groups in total. The van der Waals surface area contributed by atoms with Crippen LogP contribution in [0, 0.1) is 0 Å². The number of carbonyl (C=O) groups excluding carboxylic acids is 2. The van der Waals surface area contributed by atoms with E-state index < -0.39 is 18.0 Å². The summed E-state index contributed by atoms with van der Waals surface area (Å²) in [7, 11) is 4.39. The molecule has 2 aromatic carbocycles. The fourth-order valence-corrected chi connectivity index (χ4v) is 3.11. The van der Waals surface area contributed by atoms with Gasteiger partial charge in [0.15, 0.2) is 17.6 Å². The highest BCUT2D eigenvalue weighted by Crippen LogP contribution is 2.38. The molecule has 2 aromatic rings. The van der Waals surface area contributed by atoms with Crippen LogP contribution in [0.5, 0.6) is 17.2 Å². The van der Waals surface area contributed by atoms with E-state index in [0.29, 0.717) is 17.2 Å². The number of ether oxygens (including phenoxy) is 4. The molecule has 0 aliphatic rings. The molecule has 1 atom stereocenters. The van der Waals surface area contributed by atoms with Gasteiger partial charge in [0.05, 0.1) is 26.9 Å². The van der Waals surface area contributed by atoms with E-state index in [0.717, 1.165) is 29.7 Å². The van der Waals surface area contributed by atoms with Crippen molar-refractivity contribution in [3.05, 3.63) is 47.0 Å². The lowest BCUT2D eigenvalue weighted by atomic mass is 10.0. The maximum absolute atomic E-state index is 12.7. The molecule has 7 heteroatoms. The van der Waals surface area contributed by atoms with Crippen molar-refractivity contribution in [3.8, 4) is 17.2 Å². The van der Waals surface area contributed by atoms with Crippen LogP contribution in [0.1, 0.15) is 42.3 Å². The van der Waals surface area contributed by atoms with E-state index in [1.807, 2.05) is 32.0 Å². The van der Waals surface area contributed by atoms with Gasteiger partial charge < -0.3 is 24.3 Å². The molecule has 0 saturated heterocycles. The Morgan fingerprint density at radius 1 is 0.933 bits per heavy atom. The van der Waals surface area contributed by atoms with Gasteiger partial charge in [0.2, 0.25) is 5.75 Å². The van der Waals surface area contributed by atoms with Crippen molar-refractivity contribution in [3.63, 3.8) is 0 Å². The van der Waals surface area contributed by atoms with Crippen LogP contribution in [-0.2, 0) is 22.4 Å². The molecule has 0 aromatic heterocycles. The van der Waals surface area contributed by atoms with E-state index in [-0.39, 0.29) is 5.56 Å². The highest BCUT2D eigenvalue weighted by molar-refractivity contribution is 5.98. The minimum absolute atomic E-state index is 0.187. The molecule has 30 heavy (non-hydrogen) atoms. The van der Waals surface area contributed by atoms with E-state index in [1.54, 1.807) is 0 Å². The molecule has 0 heterocycles. The predicted molar refractivity (Wildman–Crippen MR) is 115 cm³/mol. The van der Waals surface area contributed by atoms with Crippen LogP contribution in [0.4, 0.5) is 5.69 Å². The van der Waals surface area contributed by atoms with Crippen LogP contribution in [0.3, 0.4) is 0 Å². The third kappa shape index (κ3) is 5.03. The number of esters is 1. The molecule has 0 fully saturated rings. The second-order valence-electron chi connectivity index (χ2n) is 6.61. The summed E-state index contributed by atoms with van der Waals surface area (Å²) in [5.74, 6) is -0.0517. The maximum atomic E-state index is 12.7. The number of anilines is 1. The Morgan fingerprint density at radius 2 is 1.47 bits per heavy atom. The first kappa shape index (κ1) is 23.1. The molecule has 0 unspecified atom stereocenters. The summed E-state index contributed by atoms with van der Waals surface area (Å²) in [6, 6.07) is 8.88. The lowest BCUT2D eigenvalue weighted by Gasteiger charge is -2.18. The monoisotopic (exact) mass is 415 g/mol. The van der Waals surface area contributed by atoms with Crippen LogP contribution < -0.4 is 19.5 Å². The van der Waals surface area contributed by atoms with Gasteiger partial charge in [0.25, 0.3) is 5.91 Å². The molecular formula is C23H29NO6. The molecular weight excluding hydrogens is 386 g/mol. The zero-order valence-corrected chi connectivity index (χ0v) is 18.3. The summed E-state index contributed by atoms with van der Waals surface area (Å²) >= 11 is 0. The van der Waals surface area contributed by atoms with Gasteiger partial charge in [-0.05, 0) is 43.0 Å². The first-order valence-electron chi connectivity index (χ1n) is 9.82. The fraction of sp³-hybridized carbons (Fsp3) is 0.391. The first-order chi connectivity index (χ1) is 14.4. The molecule has 0 radical (unpaired) electrons. The van der Waals surface area contributed by atoms with E-state index >= 15 is 0 Å². The maximum Gasteiger partial charge on any atom is 0.339 e. The van der Waals surface area contributed by atoms with Crippen molar-refractivity contribution in [2.75, 3.05) is 26.6 Å². The summed E-state index contributed by atoms with van der Waals surface area (Å²) in [4.78, 5) is 25.3. The summed E-state index contributed by atoms with van der Waals surface area (Å²) in [6.07, 6.45) is 0.567. The molecule has 1 amide bonds. The second kappa shape index (κ2) is 10.5. The number of para-hydroxylation sites is 1. The van der Waals surface area contributed by atoms with E-state index in [2.05, 4.69) is 5.32 Å². The molecule has 7 nitrogen and oxygen atoms in total. The predicted octanol–water partition coefficient (Wildman–Crippen LogP) is 4.02. The van der Waals surface area contributed by atoms with Gasteiger partial charge in [-0.25, -0.2) is 4.79 Å². The highest BCUT2D eigenvalue weighted by atomic mass is 16.5. The zero-order chi connectivity index (χ0) is 22.3. The van der Waals surface area contributed by atoms with E-state index in [4.69, 9.17) is 18.9 Å². The largest absolute Gasteiger partial charge is 0.493 e. The van der Waals surface area contributed by atoms with Gasteiger partial charge in [-0.3, -0.25) is 4.79 Å². The van der Waals surface area contributed by atoms with Gasteiger partial charge >= 0.3 is 5.97 Å². The number of carbonyl (C=O) groups is 2. The van der Waals surface area contributed by atoms with Gasteiger partial charge in [-0.15, -0.1) is 0 Å². The van der Waals surface area contributed by atoms with Crippen LogP contribution in [0.2, 0.25) is 0 Å². The molecule has 162 valence electrons. The van der Waals surface area contributed by atoms with Gasteiger partial charge in [0, 0.05) is 5.69 Å². The van der Waals surface area contributed by atoms with E-state index in [1.165, 1.54) is 40.4 Å². The van der Waals surface area contributed by atoms with Crippen LogP contribution >= 0.6 is 0 Å². The molecule has 0 saturated carbocycles. The average molecular weight is 415 g/mol. The smallest absolute Gasteiger partial charge is 0.339 e. The number of aryl methyl sites for hydroxylation is 2. The van der Waals surface area contributed by atoms with Crippen molar-refractivity contribution in [1.29, 1.82) is 0 Å². The van der Waals surface area contributed by atoms with Crippen molar-refractivity contribution in [2.45, 2.75) is 39.7 Å². The Balaban J connectivity index is 2.19. The van der Waals surface area contributed by atoms with E-state index in [9.17, 15) is 9.59 Å². The lowest BCUT2D eigenvalue weighted by molar-refractivity contribution is -0.123. The van der Waals surface area contributed by atoms with Crippen molar-refractivity contribution in [2.24, 2.45) is 0 Å². The number of amides is 1. The Labute approximate surface area is 177 Å². The number of benzene rings is 2. The molecule has 0 bridgehead atoms.